The van der Waals surface area contributed by atoms with E-state index in [9.17, 15) is 4.79 Å². The number of rotatable bonds is 11. The number of nitrogens with two attached hydrogens (primary N) is 2. The number of hydrogen-bond donors (Lipinski definition) is 2. The molecule has 4 N–H and O–H groups in total. The van der Waals surface area contributed by atoms with Gasteiger partial charge in [0.15, 0.2) is 5.75 Å². The second kappa shape index (κ2) is 9.98. The molecule has 7 nitrogen and oxygen atoms in total. The van der Waals surface area contributed by atoms with Gasteiger partial charge in [-0.15, -0.1) is 0 Å². The van der Waals surface area contributed by atoms with E-state index >= 15 is 0 Å². The zero-order valence-corrected chi connectivity index (χ0v) is 12.2. The molecule has 0 aliphatic heterocycles. The molecule has 0 unspecified atom stereocenters. The van der Waals surface area contributed by atoms with Crippen LogP contribution >= 0.6 is 0 Å². The smallest absolute Gasteiger partial charge is 0.252 e. The maximum absolute atomic E-state index is 11.3. The summed E-state index contributed by atoms with van der Waals surface area (Å²) < 4.78 is 20.9. The number of carbonyl (C=O) groups excluding carboxylic acids is 1. The van der Waals surface area contributed by atoms with Crippen LogP contribution in [0.15, 0.2) is 18.2 Å². The summed E-state index contributed by atoms with van der Waals surface area (Å²) in [5, 5.41) is 0. The monoisotopic (exact) mass is 298 g/mol. The van der Waals surface area contributed by atoms with Crippen LogP contribution in [0.4, 0.5) is 5.69 Å². The fourth-order valence-corrected chi connectivity index (χ4v) is 1.58. The minimum atomic E-state index is -0.579. The van der Waals surface area contributed by atoms with E-state index in [1.807, 2.05) is 0 Å². The number of primary amides is 1. The van der Waals surface area contributed by atoms with E-state index in [1.54, 1.807) is 25.3 Å². The second-order valence-electron chi connectivity index (χ2n) is 4.15. The molecule has 0 spiro atoms. The van der Waals surface area contributed by atoms with Gasteiger partial charge in [0.1, 0.15) is 6.61 Å². The Hall–Kier alpha value is -1.83. The van der Waals surface area contributed by atoms with Gasteiger partial charge >= 0.3 is 0 Å². The SMILES string of the molecule is COCCOCCOCCOc1c(N)cccc1C(N)=O. The Balaban J connectivity index is 2.23. The van der Waals surface area contributed by atoms with E-state index in [0.29, 0.717) is 44.5 Å². The fourth-order valence-electron chi connectivity index (χ4n) is 1.58. The number of methoxy groups -OCH3 is 1. The summed E-state index contributed by atoms with van der Waals surface area (Å²) in [6.45, 7) is 2.68. The summed E-state index contributed by atoms with van der Waals surface area (Å²) in [6, 6.07) is 4.86. The third-order valence-corrected chi connectivity index (χ3v) is 2.59. The molecule has 0 heterocycles. The summed E-state index contributed by atoms with van der Waals surface area (Å²) in [5.74, 6) is -0.283. The zero-order chi connectivity index (χ0) is 15.5. The number of para-hydroxylation sites is 1. The Morgan fingerprint density at radius 2 is 1.67 bits per heavy atom. The van der Waals surface area contributed by atoms with Crippen LogP contribution in [0.25, 0.3) is 0 Å². The van der Waals surface area contributed by atoms with Crippen molar-refractivity contribution in [3.63, 3.8) is 0 Å². The minimum absolute atomic E-state index is 0.262. The molecule has 21 heavy (non-hydrogen) atoms. The van der Waals surface area contributed by atoms with Crippen LogP contribution in [0.2, 0.25) is 0 Å². The molecule has 0 bridgehead atoms. The molecule has 1 rings (SSSR count). The van der Waals surface area contributed by atoms with Crippen molar-refractivity contribution in [1.82, 2.24) is 0 Å². The number of benzene rings is 1. The van der Waals surface area contributed by atoms with Crippen molar-refractivity contribution in [2.45, 2.75) is 0 Å². The first-order valence-corrected chi connectivity index (χ1v) is 6.62. The molecule has 1 amide bonds. The normalized spacial score (nSPS) is 10.5. The van der Waals surface area contributed by atoms with Crippen LogP contribution in [0.5, 0.6) is 5.75 Å². The Labute approximate surface area is 124 Å². The molecule has 1 aromatic carbocycles. The molecule has 0 aromatic heterocycles. The average molecular weight is 298 g/mol. The molecule has 0 radical (unpaired) electrons. The molecular weight excluding hydrogens is 276 g/mol. The van der Waals surface area contributed by atoms with Crippen molar-refractivity contribution in [2.24, 2.45) is 5.73 Å². The number of ether oxygens (including phenoxy) is 4. The van der Waals surface area contributed by atoms with Crippen molar-refractivity contribution < 1.29 is 23.7 Å². The molecule has 7 heteroatoms. The van der Waals surface area contributed by atoms with Gasteiger partial charge in [0.25, 0.3) is 5.91 Å². The Kier molecular flexibility index (Phi) is 8.18. The molecular formula is C14H22N2O5. The third kappa shape index (κ3) is 6.44. The Morgan fingerprint density at radius 1 is 1.05 bits per heavy atom. The van der Waals surface area contributed by atoms with Gasteiger partial charge in [-0.05, 0) is 12.1 Å². The highest BCUT2D eigenvalue weighted by Gasteiger charge is 2.11. The molecule has 0 aliphatic rings. The molecule has 0 aliphatic carbocycles. The molecule has 0 atom stereocenters. The summed E-state index contributed by atoms with van der Waals surface area (Å²) in [4.78, 5) is 11.3. The highest BCUT2D eigenvalue weighted by atomic mass is 16.6. The first-order valence-electron chi connectivity index (χ1n) is 6.62. The van der Waals surface area contributed by atoms with Crippen molar-refractivity contribution in [3.8, 4) is 5.75 Å². The van der Waals surface area contributed by atoms with Gasteiger partial charge in [-0.25, -0.2) is 0 Å². The first kappa shape index (κ1) is 17.2. The van der Waals surface area contributed by atoms with Crippen LogP contribution in [-0.2, 0) is 14.2 Å². The van der Waals surface area contributed by atoms with E-state index in [1.165, 1.54) is 0 Å². The van der Waals surface area contributed by atoms with Gasteiger partial charge in [-0.2, -0.15) is 0 Å². The maximum Gasteiger partial charge on any atom is 0.252 e. The average Bonchev–Trinajstić information content (AvgIpc) is 2.46. The predicted octanol–water partition coefficient (Wildman–Crippen LogP) is 0.426. The lowest BCUT2D eigenvalue weighted by atomic mass is 10.1. The van der Waals surface area contributed by atoms with E-state index in [2.05, 4.69) is 0 Å². The standard InChI is InChI=1S/C14H22N2O5/c1-18-5-6-19-7-8-20-9-10-21-13-11(14(16)17)3-2-4-12(13)15/h2-4H,5-10,15H2,1H3,(H2,16,17). The van der Waals surface area contributed by atoms with Crippen LogP contribution < -0.4 is 16.2 Å². The van der Waals surface area contributed by atoms with Crippen LogP contribution in [0.1, 0.15) is 10.4 Å². The van der Waals surface area contributed by atoms with Crippen LogP contribution in [0, 0.1) is 0 Å². The lowest BCUT2D eigenvalue weighted by molar-refractivity contribution is 0.0179. The second-order valence-corrected chi connectivity index (χ2v) is 4.15. The molecule has 0 saturated carbocycles. The minimum Gasteiger partial charge on any atom is -0.488 e. The quantitative estimate of drug-likeness (QED) is 0.453. The van der Waals surface area contributed by atoms with Crippen LogP contribution in [-0.4, -0.2) is 52.7 Å². The highest BCUT2D eigenvalue weighted by molar-refractivity contribution is 5.97. The summed E-state index contributed by atoms with van der Waals surface area (Å²) in [6.07, 6.45) is 0. The number of nitrogen functional groups attached to an aromatic ring is 1. The maximum atomic E-state index is 11.3. The number of carbonyl (C=O) groups is 1. The highest BCUT2D eigenvalue weighted by Crippen LogP contribution is 2.25. The van der Waals surface area contributed by atoms with Crippen molar-refractivity contribution >= 4 is 11.6 Å². The Morgan fingerprint density at radius 3 is 2.29 bits per heavy atom. The third-order valence-electron chi connectivity index (χ3n) is 2.59. The lowest BCUT2D eigenvalue weighted by Gasteiger charge is -2.12. The predicted molar refractivity (Wildman–Crippen MR) is 78.4 cm³/mol. The van der Waals surface area contributed by atoms with E-state index in [-0.39, 0.29) is 12.2 Å². The van der Waals surface area contributed by atoms with E-state index in [4.69, 9.17) is 30.4 Å². The van der Waals surface area contributed by atoms with E-state index < -0.39 is 5.91 Å². The van der Waals surface area contributed by atoms with Gasteiger partial charge < -0.3 is 30.4 Å². The van der Waals surface area contributed by atoms with Gasteiger partial charge in [-0.3, -0.25) is 4.79 Å². The molecule has 0 saturated heterocycles. The fraction of sp³-hybridized carbons (Fsp3) is 0.500. The van der Waals surface area contributed by atoms with Crippen LogP contribution in [0.3, 0.4) is 0 Å². The molecule has 1 aromatic rings. The van der Waals surface area contributed by atoms with Crippen molar-refractivity contribution in [3.05, 3.63) is 23.8 Å². The van der Waals surface area contributed by atoms with Crippen molar-refractivity contribution in [2.75, 3.05) is 52.5 Å². The van der Waals surface area contributed by atoms with Gasteiger partial charge in [0, 0.05) is 7.11 Å². The topological polar surface area (TPSA) is 106 Å². The van der Waals surface area contributed by atoms with E-state index in [0.717, 1.165) is 0 Å². The molecule has 0 fully saturated rings. The molecule has 118 valence electrons. The van der Waals surface area contributed by atoms with Gasteiger partial charge in [-0.1, -0.05) is 6.07 Å². The number of amides is 1. The van der Waals surface area contributed by atoms with Gasteiger partial charge in [0.2, 0.25) is 0 Å². The summed E-state index contributed by atoms with van der Waals surface area (Å²) in [5.41, 5.74) is 11.7. The zero-order valence-electron chi connectivity index (χ0n) is 12.2. The first-order chi connectivity index (χ1) is 10.2. The number of anilines is 1. The van der Waals surface area contributed by atoms with Gasteiger partial charge in [0.05, 0.1) is 44.3 Å². The number of hydrogen-bond acceptors (Lipinski definition) is 6. The summed E-state index contributed by atoms with van der Waals surface area (Å²) >= 11 is 0. The largest absolute Gasteiger partial charge is 0.488 e. The lowest BCUT2D eigenvalue weighted by Crippen LogP contribution is -2.16. The van der Waals surface area contributed by atoms with Crippen molar-refractivity contribution in [1.29, 1.82) is 0 Å². The summed E-state index contributed by atoms with van der Waals surface area (Å²) in [7, 11) is 1.62. The Bertz CT molecular complexity index is 439.